The fraction of sp³-hybridized carbons (Fsp3) is 0.286. The molecule has 0 radical (unpaired) electrons. The average Bonchev–Trinajstić information content (AvgIpc) is 2.37. The lowest BCUT2D eigenvalue weighted by Gasteiger charge is -2.09. The Morgan fingerprint density at radius 2 is 2.11 bits per heavy atom. The van der Waals surface area contributed by atoms with Gasteiger partial charge < -0.3 is 9.47 Å². The number of ether oxygens (including phenoxy) is 2. The van der Waals surface area contributed by atoms with Crippen molar-refractivity contribution in [3.05, 3.63) is 29.8 Å². The molecule has 0 saturated carbocycles. The molecular formula is C14H15NO3. The lowest BCUT2D eigenvalue weighted by Crippen LogP contribution is -2.00. The van der Waals surface area contributed by atoms with E-state index in [1.165, 1.54) is 6.92 Å². The Hall–Kier alpha value is -2.10. The third-order valence-electron chi connectivity index (χ3n) is 2.66. The summed E-state index contributed by atoms with van der Waals surface area (Å²) in [6.07, 6.45) is 0. The maximum Gasteiger partial charge on any atom is 0.214 e. The Kier molecular flexibility index (Phi) is 3.46. The molecule has 2 aromatic rings. The maximum atomic E-state index is 11.7. The van der Waals surface area contributed by atoms with Crippen LogP contribution >= 0.6 is 0 Å². The number of hydrogen-bond donors (Lipinski definition) is 0. The molecule has 0 unspecified atom stereocenters. The molecule has 0 bridgehead atoms. The van der Waals surface area contributed by atoms with Crippen molar-refractivity contribution >= 4 is 16.7 Å². The molecule has 94 valence electrons. The molecule has 4 heteroatoms. The molecule has 0 aliphatic carbocycles. The van der Waals surface area contributed by atoms with Crippen molar-refractivity contribution in [2.75, 3.05) is 13.7 Å². The zero-order chi connectivity index (χ0) is 13.1. The molecule has 18 heavy (non-hydrogen) atoms. The summed E-state index contributed by atoms with van der Waals surface area (Å²) in [5, 5.41) is 0.783. The normalized spacial score (nSPS) is 10.4. The quantitative estimate of drug-likeness (QED) is 0.777. The molecule has 0 N–H and O–H groups in total. The molecule has 0 saturated heterocycles. The largest absolute Gasteiger partial charge is 0.497 e. The Balaban J connectivity index is 2.68. The maximum absolute atomic E-state index is 11.7. The number of aromatic nitrogens is 1. The number of ketones is 1. The van der Waals surface area contributed by atoms with Gasteiger partial charge in [-0.3, -0.25) is 4.79 Å². The number of fused-ring (bicyclic) bond motifs is 1. The summed E-state index contributed by atoms with van der Waals surface area (Å²) in [4.78, 5) is 16.0. The second-order valence-electron chi connectivity index (χ2n) is 3.88. The van der Waals surface area contributed by atoms with E-state index in [4.69, 9.17) is 9.47 Å². The highest BCUT2D eigenvalue weighted by atomic mass is 16.5. The average molecular weight is 245 g/mol. The molecule has 2 rings (SSSR count). The van der Waals surface area contributed by atoms with Crippen LogP contribution in [-0.4, -0.2) is 24.5 Å². The van der Waals surface area contributed by atoms with Crippen LogP contribution in [0.2, 0.25) is 0 Å². The molecule has 4 nitrogen and oxygen atoms in total. The van der Waals surface area contributed by atoms with Gasteiger partial charge in [0.2, 0.25) is 5.88 Å². The third kappa shape index (κ3) is 2.27. The van der Waals surface area contributed by atoms with E-state index in [0.717, 1.165) is 10.9 Å². The molecule has 0 spiro atoms. The van der Waals surface area contributed by atoms with Crippen molar-refractivity contribution in [2.24, 2.45) is 0 Å². The van der Waals surface area contributed by atoms with E-state index < -0.39 is 0 Å². The number of carbonyl (C=O) groups is 1. The molecule has 0 fully saturated rings. The van der Waals surface area contributed by atoms with Gasteiger partial charge in [0.25, 0.3) is 0 Å². The minimum absolute atomic E-state index is 0.0170. The van der Waals surface area contributed by atoms with Crippen molar-refractivity contribution < 1.29 is 14.3 Å². The van der Waals surface area contributed by atoms with Crippen molar-refractivity contribution in [3.8, 4) is 11.6 Å². The zero-order valence-electron chi connectivity index (χ0n) is 10.7. The van der Waals surface area contributed by atoms with Crippen LogP contribution in [0.4, 0.5) is 0 Å². The highest BCUT2D eigenvalue weighted by Gasteiger charge is 2.11. The van der Waals surface area contributed by atoms with Gasteiger partial charge in [-0.2, -0.15) is 0 Å². The van der Waals surface area contributed by atoms with Gasteiger partial charge in [0.15, 0.2) is 5.78 Å². The number of hydrogen-bond acceptors (Lipinski definition) is 4. The molecule has 1 aromatic carbocycles. The number of pyridine rings is 1. The van der Waals surface area contributed by atoms with Gasteiger partial charge in [-0.05, 0) is 32.0 Å². The predicted molar refractivity (Wildman–Crippen MR) is 69.5 cm³/mol. The Labute approximate surface area is 106 Å². The Bertz CT molecular complexity index is 593. The van der Waals surface area contributed by atoms with Crippen LogP contribution in [0.1, 0.15) is 24.2 Å². The number of benzene rings is 1. The van der Waals surface area contributed by atoms with Gasteiger partial charge in [-0.25, -0.2) is 4.98 Å². The topological polar surface area (TPSA) is 48.4 Å². The highest BCUT2D eigenvalue weighted by molar-refractivity contribution is 6.06. The monoisotopic (exact) mass is 245 g/mol. The molecule has 0 aliphatic rings. The minimum Gasteiger partial charge on any atom is -0.497 e. The lowest BCUT2D eigenvalue weighted by atomic mass is 10.1. The molecular weight excluding hydrogens is 230 g/mol. The van der Waals surface area contributed by atoms with Crippen molar-refractivity contribution in [2.45, 2.75) is 13.8 Å². The van der Waals surface area contributed by atoms with Gasteiger partial charge in [0.1, 0.15) is 5.75 Å². The van der Waals surface area contributed by atoms with Crippen LogP contribution < -0.4 is 9.47 Å². The van der Waals surface area contributed by atoms with E-state index in [1.54, 1.807) is 13.2 Å². The summed E-state index contributed by atoms with van der Waals surface area (Å²) in [5.74, 6) is 1.16. The number of methoxy groups -OCH3 is 1. The molecule has 0 amide bonds. The second-order valence-corrected chi connectivity index (χ2v) is 3.88. The smallest absolute Gasteiger partial charge is 0.214 e. The summed E-state index contributed by atoms with van der Waals surface area (Å²) in [5.41, 5.74) is 1.33. The summed E-state index contributed by atoms with van der Waals surface area (Å²) >= 11 is 0. The van der Waals surface area contributed by atoms with Crippen molar-refractivity contribution in [1.82, 2.24) is 4.98 Å². The fourth-order valence-electron chi connectivity index (χ4n) is 1.82. The first-order valence-electron chi connectivity index (χ1n) is 5.78. The molecule has 0 aliphatic heterocycles. The van der Waals surface area contributed by atoms with Crippen molar-refractivity contribution in [1.29, 1.82) is 0 Å². The summed E-state index contributed by atoms with van der Waals surface area (Å²) in [6.45, 7) is 3.93. The van der Waals surface area contributed by atoms with Gasteiger partial charge in [-0.1, -0.05) is 0 Å². The first-order valence-corrected chi connectivity index (χ1v) is 5.78. The fourth-order valence-corrected chi connectivity index (χ4v) is 1.82. The third-order valence-corrected chi connectivity index (χ3v) is 2.66. The van der Waals surface area contributed by atoms with E-state index in [1.807, 2.05) is 25.1 Å². The van der Waals surface area contributed by atoms with Gasteiger partial charge in [0, 0.05) is 17.0 Å². The first-order chi connectivity index (χ1) is 8.65. The first kappa shape index (κ1) is 12.4. The van der Waals surface area contributed by atoms with Gasteiger partial charge in [-0.15, -0.1) is 0 Å². The van der Waals surface area contributed by atoms with Crippen LogP contribution in [0.15, 0.2) is 24.3 Å². The number of carbonyl (C=O) groups excluding carboxylic acids is 1. The standard InChI is InChI=1S/C14H15NO3/c1-4-18-14-8-11(9(2)16)12-7-10(17-3)5-6-13(12)15-14/h5-8H,4H2,1-3H3. The van der Waals surface area contributed by atoms with Crippen molar-refractivity contribution in [3.63, 3.8) is 0 Å². The van der Waals surface area contributed by atoms with E-state index in [9.17, 15) is 4.79 Å². The van der Waals surface area contributed by atoms with Crippen LogP contribution in [-0.2, 0) is 0 Å². The molecule has 1 heterocycles. The van der Waals surface area contributed by atoms with E-state index in [-0.39, 0.29) is 5.78 Å². The highest BCUT2D eigenvalue weighted by Crippen LogP contribution is 2.26. The van der Waals surface area contributed by atoms with Crippen LogP contribution in [0.25, 0.3) is 10.9 Å². The Morgan fingerprint density at radius 1 is 1.33 bits per heavy atom. The van der Waals surface area contributed by atoms with E-state index in [2.05, 4.69) is 4.98 Å². The number of rotatable bonds is 4. The van der Waals surface area contributed by atoms with E-state index in [0.29, 0.717) is 23.8 Å². The SMILES string of the molecule is CCOc1cc(C(C)=O)c2cc(OC)ccc2n1. The minimum atomic E-state index is -0.0170. The molecule has 0 atom stereocenters. The van der Waals surface area contributed by atoms with Crippen LogP contribution in [0, 0.1) is 0 Å². The lowest BCUT2D eigenvalue weighted by molar-refractivity contribution is 0.101. The number of Topliss-reactive ketones (excluding diaryl/α,β-unsaturated/α-hetero) is 1. The van der Waals surface area contributed by atoms with Crippen LogP contribution in [0.3, 0.4) is 0 Å². The molecule has 1 aromatic heterocycles. The summed E-state index contributed by atoms with van der Waals surface area (Å²) < 4.78 is 10.5. The summed E-state index contributed by atoms with van der Waals surface area (Å²) in [6, 6.07) is 7.13. The van der Waals surface area contributed by atoms with E-state index >= 15 is 0 Å². The second kappa shape index (κ2) is 5.04. The zero-order valence-corrected chi connectivity index (χ0v) is 10.7. The van der Waals surface area contributed by atoms with Gasteiger partial charge >= 0.3 is 0 Å². The van der Waals surface area contributed by atoms with Crippen LogP contribution in [0.5, 0.6) is 11.6 Å². The summed E-state index contributed by atoms with van der Waals surface area (Å²) in [7, 11) is 1.59. The number of nitrogens with zero attached hydrogens (tertiary/aromatic N) is 1. The Morgan fingerprint density at radius 3 is 2.72 bits per heavy atom. The van der Waals surface area contributed by atoms with Gasteiger partial charge in [0.05, 0.1) is 19.2 Å². The predicted octanol–water partition coefficient (Wildman–Crippen LogP) is 2.84.